The molecule has 0 radical (unpaired) electrons. The third-order valence-electron chi connectivity index (χ3n) is 3.54. The van der Waals surface area contributed by atoms with E-state index in [1.54, 1.807) is 7.05 Å². The highest BCUT2D eigenvalue weighted by Crippen LogP contribution is 2.11. The van der Waals surface area contributed by atoms with Gasteiger partial charge in [-0.05, 0) is 6.42 Å². The minimum absolute atomic E-state index is 0.301. The molecule has 5 heteroatoms. The molecule has 21 heavy (non-hydrogen) atoms. The molecule has 0 atom stereocenters. The van der Waals surface area contributed by atoms with Crippen LogP contribution in [-0.2, 0) is 0 Å². The Bertz CT molecular complexity index is 286. The maximum Gasteiger partial charge on any atom is 0.195 e. The topological polar surface area (TPSA) is 88.8 Å². The lowest BCUT2D eigenvalue weighted by atomic mass is 10.1. The summed E-state index contributed by atoms with van der Waals surface area (Å²) < 4.78 is 0. The predicted octanol–water partition coefficient (Wildman–Crippen LogP) is 3.15. The fraction of sp³-hybridized carbons (Fsp3) is 0.875. The van der Waals surface area contributed by atoms with Gasteiger partial charge in [0.1, 0.15) is 0 Å². The Morgan fingerprint density at radius 3 is 1.71 bits per heavy atom. The first-order valence-corrected chi connectivity index (χ1v) is 8.50. The molecule has 0 bridgehead atoms. The van der Waals surface area contributed by atoms with Crippen molar-refractivity contribution in [2.24, 2.45) is 21.5 Å². The molecule has 0 rings (SSSR count). The quantitative estimate of drug-likeness (QED) is 0.294. The zero-order valence-electron chi connectivity index (χ0n) is 14.0. The molecule has 0 fully saturated rings. The first-order valence-electron chi connectivity index (χ1n) is 8.50. The monoisotopic (exact) mass is 297 g/mol. The van der Waals surface area contributed by atoms with Crippen LogP contribution in [0.4, 0.5) is 0 Å². The number of hydrogen-bond donors (Lipinski definition) is 3. The standard InChI is InChI=1S/C16H35N5/c1-3-4-5-6-7-8-9-10-11-12-13-14-20-16(18)21-15(17)19-2/h3-14H2,1-2H3,(H5,17,18,19,20,21). The summed E-state index contributed by atoms with van der Waals surface area (Å²) in [6.45, 7) is 3.02. The maximum absolute atomic E-state index is 5.66. The second kappa shape index (κ2) is 15.1. The third-order valence-corrected chi connectivity index (χ3v) is 3.54. The van der Waals surface area contributed by atoms with Gasteiger partial charge in [0.2, 0.25) is 0 Å². The highest BCUT2D eigenvalue weighted by Gasteiger charge is 1.95. The molecule has 0 saturated heterocycles. The molecular weight excluding hydrogens is 262 g/mol. The van der Waals surface area contributed by atoms with E-state index in [2.05, 4.69) is 22.2 Å². The Hall–Kier alpha value is -1.26. The van der Waals surface area contributed by atoms with Gasteiger partial charge < -0.3 is 11.5 Å². The first kappa shape index (κ1) is 19.7. The first-order chi connectivity index (χ1) is 10.2. The highest BCUT2D eigenvalue weighted by molar-refractivity contribution is 5.96. The molecule has 0 unspecified atom stereocenters. The largest absolute Gasteiger partial charge is 0.370 e. The minimum atomic E-state index is 0.301. The van der Waals surface area contributed by atoms with Crippen molar-refractivity contribution in [3.63, 3.8) is 0 Å². The van der Waals surface area contributed by atoms with Crippen LogP contribution in [0.1, 0.15) is 77.6 Å². The summed E-state index contributed by atoms with van der Waals surface area (Å²) in [5.41, 5.74) is 11.1. The second-order valence-electron chi connectivity index (χ2n) is 5.54. The maximum atomic E-state index is 5.66. The smallest absolute Gasteiger partial charge is 0.195 e. The van der Waals surface area contributed by atoms with Crippen molar-refractivity contribution in [3.05, 3.63) is 0 Å². The summed E-state index contributed by atoms with van der Waals surface area (Å²) in [7, 11) is 1.61. The van der Waals surface area contributed by atoms with Crippen molar-refractivity contribution in [3.8, 4) is 0 Å². The van der Waals surface area contributed by atoms with Gasteiger partial charge in [-0.1, -0.05) is 71.1 Å². The number of nitrogens with two attached hydrogens (primary N) is 2. The molecule has 0 aliphatic carbocycles. The van der Waals surface area contributed by atoms with E-state index in [0.29, 0.717) is 11.9 Å². The normalized spacial score (nSPS) is 12.7. The lowest BCUT2D eigenvalue weighted by molar-refractivity contribution is 0.551. The molecule has 0 aromatic heterocycles. The van der Waals surface area contributed by atoms with Gasteiger partial charge in [0, 0.05) is 13.6 Å². The number of nitrogens with zero attached hydrogens (tertiary/aromatic N) is 2. The van der Waals surface area contributed by atoms with Crippen molar-refractivity contribution < 1.29 is 0 Å². The van der Waals surface area contributed by atoms with Gasteiger partial charge in [-0.2, -0.15) is 0 Å². The van der Waals surface area contributed by atoms with Crippen LogP contribution in [-0.4, -0.2) is 25.5 Å². The van der Waals surface area contributed by atoms with Gasteiger partial charge in [-0.15, -0.1) is 0 Å². The summed E-state index contributed by atoms with van der Waals surface area (Å²) in [6.07, 6.45) is 14.7. The average Bonchev–Trinajstić information content (AvgIpc) is 2.48. The molecule has 0 amide bonds. The SMILES string of the molecule is CCCCCCCCCCCCCN=C(N)NC(N)=NC. The van der Waals surface area contributed by atoms with E-state index >= 15 is 0 Å². The number of nitrogens with one attached hydrogen (secondary N) is 1. The van der Waals surface area contributed by atoms with Crippen LogP contribution in [0.2, 0.25) is 0 Å². The zero-order chi connectivity index (χ0) is 15.8. The molecule has 5 nitrogen and oxygen atoms in total. The van der Waals surface area contributed by atoms with E-state index in [-0.39, 0.29) is 0 Å². The van der Waals surface area contributed by atoms with Crippen LogP contribution in [0.3, 0.4) is 0 Å². The van der Waals surface area contributed by atoms with Crippen molar-refractivity contribution >= 4 is 11.9 Å². The van der Waals surface area contributed by atoms with Gasteiger partial charge in [0.05, 0.1) is 0 Å². The third kappa shape index (κ3) is 15.0. The lowest BCUT2D eigenvalue weighted by Crippen LogP contribution is -2.41. The van der Waals surface area contributed by atoms with E-state index in [0.717, 1.165) is 13.0 Å². The summed E-state index contributed by atoms with van der Waals surface area (Å²) in [4.78, 5) is 7.97. The van der Waals surface area contributed by atoms with Gasteiger partial charge in [-0.25, -0.2) is 0 Å². The molecule has 0 heterocycles. The van der Waals surface area contributed by atoms with E-state index in [9.17, 15) is 0 Å². The number of rotatable bonds is 12. The van der Waals surface area contributed by atoms with E-state index < -0.39 is 0 Å². The van der Waals surface area contributed by atoms with Gasteiger partial charge >= 0.3 is 0 Å². The molecule has 0 aliphatic rings. The lowest BCUT2D eigenvalue weighted by Gasteiger charge is -2.04. The van der Waals surface area contributed by atoms with Gasteiger partial charge in [-0.3, -0.25) is 15.3 Å². The number of aliphatic imine (C=N–C) groups is 2. The van der Waals surface area contributed by atoms with Crippen molar-refractivity contribution in [2.75, 3.05) is 13.6 Å². The number of unbranched alkanes of at least 4 members (excludes halogenated alkanes) is 10. The van der Waals surface area contributed by atoms with Crippen LogP contribution in [0.15, 0.2) is 9.98 Å². The van der Waals surface area contributed by atoms with Crippen molar-refractivity contribution in [1.29, 1.82) is 0 Å². The minimum Gasteiger partial charge on any atom is -0.370 e. The van der Waals surface area contributed by atoms with E-state index in [4.69, 9.17) is 11.5 Å². The van der Waals surface area contributed by atoms with Crippen LogP contribution in [0, 0.1) is 0 Å². The Balaban J connectivity index is 3.27. The van der Waals surface area contributed by atoms with Gasteiger partial charge in [0.15, 0.2) is 11.9 Å². The highest BCUT2D eigenvalue weighted by atomic mass is 15.2. The Morgan fingerprint density at radius 2 is 1.24 bits per heavy atom. The molecule has 0 aromatic carbocycles. The van der Waals surface area contributed by atoms with E-state index in [1.807, 2.05) is 0 Å². The summed E-state index contributed by atoms with van der Waals surface area (Å²) >= 11 is 0. The molecule has 0 aromatic rings. The molecule has 0 saturated carbocycles. The van der Waals surface area contributed by atoms with Crippen molar-refractivity contribution in [2.45, 2.75) is 77.6 Å². The van der Waals surface area contributed by atoms with Crippen LogP contribution in [0.25, 0.3) is 0 Å². The molecule has 5 N–H and O–H groups in total. The summed E-state index contributed by atoms with van der Waals surface area (Å²) in [5, 5.41) is 2.72. The summed E-state index contributed by atoms with van der Waals surface area (Å²) in [6, 6.07) is 0. The van der Waals surface area contributed by atoms with Gasteiger partial charge in [0.25, 0.3) is 0 Å². The predicted molar refractivity (Wildman–Crippen MR) is 93.6 cm³/mol. The Labute approximate surface area is 130 Å². The summed E-state index contributed by atoms with van der Waals surface area (Å²) in [5.74, 6) is 0.653. The Kier molecular flexibility index (Phi) is 14.2. The number of hydrogen-bond acceptors (Lipinski definition) is 2. The fourth-order valence-electron chi connectivity index (χ4n) is 2.20. The van der Waals surface area contributed by atoms with Crippen molar-refractivity contribution in [1.82, 2.24) is 5.32 Å². The molecule has 0 spiro atoms. The van der Waals surface area contributed by atoms with Crippen LogP contribution in [0.5, 0.6) is 0 Å². The average molecular weight is 297 g/mol. The molecular formula is C16H35N5. The van der Waals surface area contributed by atoms with Crippen LogP contribution < -0.4 is 16.8 Å². The molecule has 124 valence electrons. The van der Waals surface area contributed by atoms with Crippen LogP contribution >= 0.6 is 0 Å². The van der Waals surface area contributed by atoms with E-state index in [1.165, 1.54) is 64.2 Å². The number of guanidine groups is 2. The molecule has 0 aliphatic heterocycles. The second-order valence-corrected chi connectivity index (χ2v) is 5.54. The Morgan fingerprint density at radius 1 is 0.762 bits per heavy atom. The fourth-order valence-corrected chi connectivity index (χ4v) is 2.20. The zero-order valence-corrected chi connectivity index (χ0v) is 14.0.